The van der Waals surface area contributed by atoms with E-state index in [0.717, 1.165) is 12.1 Å². The first-order chi connectivity index (χ1) is 16.4. The molecule has 1 N–H and O–H groups in total. The summed E-state index contributed by atoms with van der Waals surface area (Å²) in [6.45, 7) is -0.356. The van der Waals surface area contributed by atoms with Crippen LogP contribution in [0.15, 0.2) is 94.2 Å². The van der Waals surface area contributed by atoms with Gasteiger partial charge in [-0.05, 0) is 36.2 Å². The van der Waals surface area contributed by atoms with Gasteiger partial charge in [0.25, 0.3) is 5.89 Å². The Balaban J connectivity index is 1.50. The summed E-state index contributed by atoms with van der Waals surface area (Å²) in [5, 5.41) is 7.78. The molecule has 0 saturated heterocycles. The van der Waals surface area contributed by atoms with Gasteiger partial charge in [-0.1, -0.05) is 60.7 Å². The van der Waals surface area contributed by atoms with E-state index in [4.69, 9.17) is 9.15 Å². The molecule has 10 heteroatoms. The normalized spacial score (nSPS) is 12.3. The molecule has 174 valence electrons. The molecule has 3 aromatic carbocycles. The maximum absolute atomic E-state index is 14.1. The van der Waals surface area contributed by atoms with Gasteiger partial charge >= 0.3 is 5.97 Å². The molecule has 0 aliphatic rings. The highest BCUT2D eigenvalue weighted by atomic mass is 32.2. The Morgan fingerprint density at radius 2 is 1.59 bits per heavy atom. The van der Waals surface area contributed by atoms with Gasteiger partial charge in [-0.25, -0.2) is 12.8 Å². The Bertz CT molecular complexity index is 1360. The number of ether oxygens (including phenoxy) is 1. The molecule has 0 aliphatic carbocycles. The van der Waals surface area contributed by atoms with E-state index in [0.29, 0.717) is 11.1 Å². The molecule has 1 aromatic heterocycles. The number of carbonyl (C=O) groups excluding carboxylic acids is 1. The SMILES string of the molecule is O=C(OCc1nnc(-c2ccccc2)o1)[C@H](Cc1ccccc1)NS(=O)(=O)c1ccccc1F. The minimum Gasteiger partial charge on any atom is -0.454 e. The summed E-state index contributed by atoms with van der Waals surface area (Å²) in [4.78, 5) is 12.3. The minimum absolute atomic E-state index is 0.00749. The van der Waals surface area contributed by atoms with Crippen LogP contribution in [0.5, 0.6) is 0 Å². The molecule has 0 aliphatic heterocycles. The first kappa shape index (κ1) is 23.3. The Labute approximate surface area is 195 Å². The topological polar surface area (TPSA) is 111 Å². The van der Waals surface area contributed by atoms with Crippen LogP contribution in [0.2, 0.25) is 0 Å². The highest BCUT2D eigenvalue weighted by Gasteiger charge is 2.29. The van der Waals surface area contributed by atoms with E-state index >= 15 is 0 Å². The molecule has 8 nitrogen and oxygen atoms in total. The second kappa shape index (κ2) is 10.4. The fraction of sp³-hybridized carbons (Fsp3) is 0.125. The summed E-state index contributed by atoms with van der Waals surface area (Å²) in [5.41, 5.74) is 1.39. The Morgan fingerprint density at radius 1 is 0.941 bits per heavy atom. The fourth-order valence-corrected chi connectivity index (χ4v) is 4.44. The van der Waals surface area contributed by atoms with E-state index in [-0.39, 0.29) is 24.8 Å². The largest absolute Gasteiger partial charge is 0.454 e. The van der Waals surface area contributed by atoms with Gasteiger partial charge in [0.1, 0.15) is 16.8 Å². The monoisotopic (exact) mass is 481 g/mol. The summed E-state index contributed by atoms with van der Waals surface area (Å²) in [7, 11) is -4.35. The van der Waals surface area contributed by atoms with E-state index in [9.17, 15) is 17.6 Å². The van der Waals surface area contributed by atoms with Crippen molar-refractivity contribution in [3.63, 3.8) is 0 Å². The van der Waals surface area contributed by atoms with Crippen molar-refractivity contribution in [3.8, 4) is 11.5 Å². The third-order valence-electron chi connectivity index (χ3n) is 4.82. The summed E-state index contributed by atoms with van der Waals surface area (Å²) >= 11 is 0. The minimum atomic E-state index is -4.35. The predicted molar refractivity (Wildman–Crippen MR) is 120 cm³/mol. The molecule has 34 heavy (non-hydrogen) atoms. The van der Waals surface area contributed by atoms with Crippen LogP contribution >= 0.6 is 0 Å². The number of halogens is 1. The molecular weight excluding hydrogens is 461 g/mol. The van der Waals surface area contributed by atoms with E-state index in [1.807, 2.05) is 18.2 Å². The lowest BCUT2D eigenvalue weighted by Gasteiger charge is -2.18. The predicted octanol–water partition coefficient (Wildman–Crippen LogP) is 3.51. The van der Waals surface area contributed by atoms with Crippen molar-refractivity contribution in [3.05, 3.63) is 102 Å². The van der Waals surface area contributed by atoms with Crippen LogP contribution in [0.3, 0.4) is 0 Å². The van der Waals surface area contributed by atoms with Crippen LogP contribution < -0.4 is 4.72 Å². The van der Waals surface area contributed by atoms with Crippen molar-refractivity contribution in [1.29, 1.82) is 0 Å². The number of nitrogens with zero attached hydrogens (tertiary/aromatic N) is 2. The Kier molecular flexibility index (Phi) is 7.09. The van der Waals surface area contributed by atoms with Gasteiger partial charge < -0.3 is 9.15 Å². The highest BCUT2D eigenvalue weighted by Crippen LogP contribution is 2.18. The van der Waals surface area contributed by atoms with Gasteiger partial charge in [0.05, 0.1) is 0 Å². The van der Waals surface area contributed by atoms with Gasteiger partial charge in [-0.3, -0.25) is 4.79 Å². The molecule has 4 aromatic rings. The molecule has 0 bridgehead atoms. The number of nitrogens with one attached hydrogen (secondary N) is 1. The average molecular weight is 482 g/mol. The lowest BCUT2D eigenvalue weighted by atomic mass is 10.1. The molecule has 1 heterocycles. The molecular formula is C24H20FN3O5S. The highest BCUT2D eigenvalue weighted by molar-refractivity contribution is 7.89. The van der Waals surface area contributed by atoms with Gasteiger partial charge in [0, 0.05) is 5.56 Å². The zero-order valence-corrected chi connectivity index (χ0v) is 18.6. The maximum Gasteiger partial charge on any atom is 0.325 e. The Morgan fingerprint density at radius 3 is 2.29 bits per heavy atom. The molecule has 0 unspecified atom stereocenters. The van der Waals surface area contributed by atoms with E-state index in [1.54, 1.807) is 42.5 Å². The first-order valence-corrected chi connectivity index (χ1v) is 11.8. The fourth-order valence-electron chi connectivity index (χ4n) is 3.18. The molecule has 0 spiro atoms. The van der Waals surface area contributed by atoms with E-state index in [2.05, 4.69) is 14.9 Å². The van der Waals surface area contributed by atoms with Crippen molar-refractivity contribution in [2.75, 3.05) is 0 Å². The quantitative estimate of drug-likeness (QED) is 0.364. The number of esters is 1. The number of hydrogen-bond donors (Lipinski definition) is 1. The van der Waals surface area contributed by atoms with Crippen molar-refractivity contribution in [2.24, 2.45) is 0 Å². The summed E-state index contributed by atoms with van der Waals surface area (Å²) in [5.74, 6) is -1.50. The van der Waals surface area contributed by atoms with Crippen molar-refractivity contribution < 1.29 is 26.8 Å². The van der Waals surface area contributed by atoms with Gasteiger partial charge in [-0.2, -0.15) is 4.72 Å². The van der Waals surface area contributed by atoms with E-state index < -0.39 is 32.7 Å². The first-order valence-electron chi connectivity index (χ1n) is 10.3. The van der Waals surface area contributed by atoms with E-state index in [1.165, 1.54) is 12.1 Å². The van der Waals surface area contributed by atoms with Crippen LogP contribution in [0.1, 0.15) is 11.5 Å². The number of sulfonamides is 1. The number of hydrogen-bond acceptors (Lipinski definition) is 7. The maximum atomic E-state index is 14.1. The Hall–Kier alpha value is -3.89. The van der Waals surface area contributed by atoms with Crippen LogP contribution in [-0.2, 0) is 32.6 Å². The third kappa shape index (κ3) is 5.72. The number of carbonyl (C=O) groups is 1. The second-order valence-corrected chi connectivity index (χ2v) is 8.95. The zero-order chi connectivity index (χ0) is 24.0. The summed E-state index contributed by atoms with van der Waals surface area (Å²) in [6, 6.07) is 21.4. The van der Waals surface area contributed by atoms with Crippen LogP contribution in [0.25, 0.3) is 11.5 Å². The number of rotatable bonds is 9. The molecule has 4 rings (SSSR count). The van der Waals surface area contributed by atoms with Crippen molar-refractivity contribution in [2.45, 2.75) is 24.0 Å². The zero-order valence-electron chi connectivity index (χ0n) is 17.8. The second-order valence-electron chi connectivity index (χ2n) is 7.27. The molecule has 0 fully saturated rings. The molecule has 0 radical (unpaired) electrons. The standard InChI is InChI=1S/C24H20FN3O5S/c25-19-13-7-8-14-21(19)34(30,31)28-20(15-17-9-3-1-4-10-17)24(29)32-16-22-26-27-23(33-22)18-11-5-2-6-12-18/h1-14,20,28H,15-16H2/t20-/m0/s1. The number of benzene rings is 3. The average Bonchev–Trinajstić information content (AvgIpc) is 3.32. The number of aromatic nitrogens is 2. The summed E-state index contributed by atoms with van der Waals surface area (Å²) < 4.78 is 52.7. The van der Waals surface area contributed by atoms with Crippen molar-refractivity contribution >= 4 is 16.0 Å². The van der Waals surface area contributed by atoms with Gasteiger partial charge in [0.15, 0.2) is 6.61 Å². The molecule has 0 saturated carbocycles. The molecule has 1 atom stereocenters. The van der Waals surface area contributed by atoms with Crippen LogP contribution in [-0.4, -0.2) is 30.6 Å². The molecule has 0 amide bonds. The smallest absolute Gasteiger partial charge is 0.325 e. The summed E-state index contributed by atoms with van der Waals surface area (Å²) in [6.07, 6.45) is -0.00749. The van der Waals surface area contributed by atoms with Crippen molar-refractivity contribution in [1.82, 2.24) is 14.9 Å². The lowest BCUT2D eigenvalue weighted by molar-refractivity contribution is -0.147. The van der Waals surface area contributed by atoms with Gasteiger partial charge in [-0.15, -0.1) is 10.2 Å². The lowest BCUT2D eigenvalue weighted by Crippen LogP contribution is -2.43. The van der Waals surface area contributed by atoms with Crippen LogP contribution in [0.4, 0.5) is 4.39 Å². The van der Waals surface area contributed by atoms with Crippen LogP contribution in [0, 0.1) is 5.82 Å². The van der Waals surface area contributed by atoms with Gasteiger partial charge in [0.2, 0.25) is 15.9 Å². The third-order valence-corrected chi connectivity index (χ3v) is 6.32.